The Labute approximate surface area is 88.5 Å². The van der Waals surface area contributed by atoms with Gasteiger partial charge in [-0.1, -0.05) is 31.2 Å². The summed E-state index contributed by atoms with van der Waals surface area (Å²) in [5.74, 6) is -0.641. The fraction of sp³-hybridized carbons (Fsp3) is 0.333. The van der Waals surface area contributed by atoms with Gasteiger partial charge in [-0.15, -0.1) is 0 Å². The minimum absolute atomic E-state index is 0.176. The summed E-state index contributed by atoms with van der Waals surface area (Å²) < 4.78 is 0. The Bertz CT molecular complexity index is 395. The molecule has 2 amide bonds. The molecule has 1 saturated heterocycles. The van der Waals surface area contributed by atoms with Crippen molar-refractivity contribution in [3.05, 3.63) is 35.4 Å². The first kappa shape index (κ1) is 9.90. The molecule has 1 aliphatic heterocycles. The number of carbonyl (C=O) groups is 2. The fourth-order valence-electron chi connectivity index (χ4n) is 1.81. The van der Waals surface area contributed by atoms with Crippen molar-refractivity contribution < 1.29 is 9.59 Å². The quantitative estimate of drug-likeness (QED) is 0.738. The van der Waals surface area contributed by atoms with E-state index in [2.05, 4.69) is 12.2 Å². The lowest BCUT2D eigenvalue weighted by Crippen LogP contribution is -2.21. The topological polar surface area (TPSA) is 46.2 Å². The molecule has 2 rings (SSSR count). The van der Waals surface area contributed by atoms with Gasteiger partial charge in [-0.3, -0.25) is 14.9 Å². The Morgan fingerprint density at radius 1 is 1.27 bits per heavy atom. The Hall–Kier alpha value is -1.64. The molecule has 1 aromatic rings. The number of hydrogen-bond acceptors (Lipinski definition) is 2. The molecule has 0 saturated carbocycles. The number of aryl methyl sites for hydroxylation is 1. The summed E-state index contributed by atoms with van der Waals surface area (Å²) in [5.41, 5.74) is 2.17. The number of hydrogen-bond donors (Lipinski definition) is 1. The van der Waals surface area contributed by atoms with E-state index in [0.29, 0.717) is 0 Å². The molecule has 0 aromatic heterocycles. The van der Waals surface area contributed by atoms with E-state index >= 15 is 0 Å². The van der Waals surface area contributed by atoms with Gasteiger partial charge in [0.05, 0.1) is 5.92 Å². The molecular formula is C12H13NO2. The molecule has 15 heavy (non-hydrogen) atoms. The zero-order valence-corrected chi connectivity index (χ0v) is 8.62. The lowest BCUT2D eigenvalue weighted by atomic mass is 9.96. The average molecular weight is 203 g/mol. The van der Waals surface area contributed by atoms with Gasteiger partial charge < -0.3 is 0 Å². The Balaban J connectivity index is 2.22. The maximum Gasteiger partial charge on any atom is 0.234 e. The maximum atomic E-state index is 11.4. The van der Waals surface area contributed by atoms with Crippen molar-refractivity contribution in [2.45, 2.75) is 25.7 Å². The molecule has 3 nitrogen and oxygen atoms in total. The van der Waals surface area contributed by atoms with Crippen LogP contribution >= 0.6 is 0 Å². The van der Waals surface area contributed by atoms with Crippen LogP contribution in [0.3, 0.4) is 0 Å². The van der Waals surface area contributed by atoms with Crippen molar-refractivity contribution in [1.29, 1.82) is 0 Å². The number of imide groups is 1. The normalized spacial score (nSPS) is 20.5. The highest BCUT2D eigenvalue weighted by molar-refractivity contribution is 6.06. The maximum absolute atomic E-state index is 11.4. The van der Waals surface area contributed by atoms with Gasteiger partial charge in [-0.25, -0.2) is 0 Å². The van der Waals surface area contributed by atoms with E-state index in [1.165, 1.54) is 5.56 Å². The van der Waals surface area contributed by atoms with Crippen LogP contribution in [0.2, 0.25) is 0 Å². The van der Waals surface area contributed by atoms with Gasteiger partial charge in [0.25, 0.3) is 0 Å². The number of rotatable bonds is 2. The molecule has 0 aliphatic carbocycles. The predicted octanol–water partition coefficient (Wildman–Crippen LogP) is 1.38. The van der Waals surface area contributed by atoms with Crippen LogP contribution in [0.1, 0.15) is 30.4 Å². The zero-order chi connectivity index (χ0) is 10.8. The molecule has 1 fully saturated rings. The summed E-state index contributed by atoms with van der Waals surface area (Å²) in [7, 11) is 0. The van der Waals surface area contributed by atoms with Crippen molar-refractivity contribution in [1.82, 2.24) is 5.32 Å². The highest BCUT2D eigenvalue weighted by atomic mass is 16.2. The van der Waals surface area contributed by atoms with Crippen LogP contribution < -0.4 is 5.32 Å². The first-order valence-corrected chi connectivity index (χ1v) is 5.13. The second-order valence-electron chi connectivity index (χ2n) is 3.76. The highest BCUT2D eigenvalue weighted by Crippen LogP contribution is 2.24. The van der Waals surface area contributed by atoms with Gasteiger partial charge in [0.1, 0.15) is 0 Å². The summed E-state index contributed by atoms with van der Waals surface area (Å²) in [6.45, 7) is 2.08. The third-order valence-electron chi connectivity index (χ3n) is 2.76. The van der Waals surface area contributed by atoms with E-state index in [1.54, 1.807) is 0 Å². The number of benzene rings is 1. The second-order valence-corrected chi connectivity index (χ2v) is 3.76. The van der Waals surface area contributed by atoms with Crippen molar-refractivity contribution in [2.75, 3.05) is 0 Å². The lowest BCUT2D eigenvalue weighted by molar-refractivity contribution is -0.125. The Morgan fingerprint density at radius 3 is 2.40 bits per heavy atom. The lowest BCUT2D eigenvalue weighted by Gasteiger charge is -2.06. The molecule has 1 N–H and O–H groups in total. The zero-order valence-electron chi connectivity index (χ0n) is 8.62. The third kappa shape index (κ3) is 1.91. The molecule has 0 bridgehead atoms. The molecule has 1 heterocycles. The second kappa shape index (κ2) is 3.85. The highest BCUT2D eigenvalue weighted by Gasteiger charge is 2.31. The van der Waals surface area contributed by atoms with Gasteiger partial charge in [0, 0.05) is 6.42 Å². The third-order valence-corrected chi connectivity index (χ3v) is 2.76. The smallest absolute Gasteiger partial charge is 0.234 e. The van der Waals surface area contributed by atoms with Crippen molar-refractivity contribution in [3.63, 3.8) is 0 Å². The van der Waals surface area contributed by atoms with Gasteiger partial charge in [0.2, 0.25) is 11.8 Å². The summed E-state index contributed by atoms with van der Waals surface area (Å²) in [4.78, 5) is 22.4. The van der Waals surface area contributed by atoms with E-state index in [9.17, 15) is 9.59 Å². The Kier molecular flexibility index (Phi) is 2.54. The van der Waals surface area contributed by atoms with Crippen LogP contribution in [0, 0.1) is 0 Å². The monoisotopic (exact) mass is 203 g/mol. The average Bonchev–Trinajstić information content (AvgIpc) is 2.58. The van der Waals surface area contributed by atoms with Gasteiger partial charge in [-0.2, -0.15) is 0 Å². The predicted molar refractivity (Wildman–Crippen MR) is 56.3 cm³/mol. The summed E-state index contributed by atoms with van der Waals surface area (Å²) in [5, 5.41) is 2.32. The van der Waals surface area contributed by atoms with Crippen LogP contribution in [0.25, 0.3) is 0 Å². The molecule has 0 radical (unpaired) electrons. The number of amides is 2. The number of nitrogens with one attached hydrogen (secondary N) is 1. The van der Waals surface area contributed by atoms with Crippen molar-refractivity contribution in [2.24, 2.45) is 0 Å². The standard InChI is InChI=1S/C12H13NO2/c1-2-8-3-5-9(6-4-8)10-7-11(14)13-12(10)15/h3-6,10H,2,7H2,1H3,(H,13,14,15). The van der Waals surface area contributed by atoms with Crippen molar-refractivity contribution >= 4 is 11.8 Å². The minimum Gasteiger partial charge on any atom is -0.296 e. The Morgan fingerprint density at radius 2 is 1.93 bits per heavy atom. The molecule has 1 aliphatic rings. The van der Waals surface area contributed by atoms with E-state index in [-0.39, 0.29) is 24.2 Å². The van der Waals surface area contributed by atoms with Crippen LogP contribution in [-0.4, -0.2) is 11.8 Å². The van der Waals surface area contributed by atoms with E-state index in [0.717, 1.165) is 12.0 Å². The molecular weight excluding hydrogens is 190 g/mol. The fourth-order valence-corrected chi connectivity index (χ4v) is 1.81. The van der Waals surface area contributed by atoms with E-state index in [1.807, 2.05) is 24.3 Å². The van der Waals surface area contributed by atoms with Gasteiger partial charge >= 0.3 is 0 Å². The molecule has 0 spiro atoms. The van der Waals surface area contributed by atoms with Crippen LogP contribution in [-0.2, 0) is 16.0 Å². The SMILES string of the molecule is CCc1ccc(C2CC(=O)NC2=O)cc1. The first-order valence-electron chi connectivity index (χ1n) is 5.13. The van der Waals surface area contributed by atoms with Gasteiger partial charge in [0.15, 0.2) is 0 Å². The summed E-state index contributed by atoms with van der Waals surface area (Å²) in [6.07, 6.45) is 1.26. The molecule has 1 unspecified atom stereocenters. The van der Waals surface area contributed by atoms with Crippen LogP contribution in [0.4, 0.5) is 0 Å². The summed E-state index contributed by atoms with van der Waals surface area (Å²) >= 11 is 0. The number of carbonyl (C=O) groups excluding carboxylic acids is 2. The van der Waals surface area contributed by atoms with E-state index < -0.39 is 0 Å². The van der Waals surface area contributed by atoms with E-state index in [4.69, 9.17) is 0 Å². The largest absolute Gasteiger partial charge is 0.296 e. The van der Waals surface area contributed by atoms with Gasteiger partial charge in [-0.05, 0) is 17.5 Å². The van der Waals surface area contributed by atoms with Crippen molar-refractivity contribution in [3.8, 4) is 0 Å². The minimum atomic E-state index is -0.289. The molecule has 78 valence electrons. The first-order chi connectivity index (χ1) is 7.20. The molecule has 3 heteroatoms. The van der Waals surface area contributed by atoms with Crippen LogP contribution in [0.5, 0.6) is 0 Å². The summed E-state index contributed by atoms with van der Waals surface area (Å²) in [6, 6.07) is 7.88. The molecule has 1 atom stereocenters. The molecule has 1 aromatic carbocycles. The van der Waals surface area contributed by atoms with Crippen LogP contribution in [0.15, 0.2) is 24.3 Å².